The molecule has 0 radical (unpaired) electrons. The molecule has 6 heteroatoms. The highest BCUT2D eigenvalue weighted by atomic mass is 79.9. The van der Waals surface area contributed by atoms with Crippen molar-refractivity contribution in [1.29, 1.82) is 0 Å². The molecule has 0 aliphatic carbocycles. The van der Waals surface area contributed by atoms with Crippen molar-refractivity contribution in [2.45, 2.75) is 6.54 Å². The normalized spacial score (nSPS) is 10.2. The van der Waals surface area contributed by atoms with Crippen molar-refractivity contribution in [3.8, 4) is 0 Å². The van der Waals surface area contributed by atoms with Gasteiger partial charge in [0, 0.05) is 33.4 Å². The molecular weight excluding hydrogens is 386 g/mol. The number of hydrogen-bond acceptors (Lipinski definition) is 3. The Balaban J connectivity index is 2.09. The van der Waals surface area contributed by atoms with E-state index in [2.05, 4.69) is 47.5 Å². The van der Waals surface area contributed by atoms with Gasteiger partial charge in [0.15, 0.2) is 0 Å². The molecule has 2 rings (SSSR count). The van der Waals surface area contributed by atoms with Crippen LogP contribution >= 0.6 is 31.9 Å². The molecule has 20 heavy (non-hydrogen) atoms. The van der Waals surface area contributed by atoms with E-state index in [0.29, 0.717) is 12.1 Å². The average Bonchev–Trinajstić information content (AvgIpc) is 2.46. The maximum atomic E-state index is 11.6. The first-order valence-electron chi connectivity index (χ1n) is 5.96. The number of benzene rings is 1. The fraction of sp³-hybridized carbons (Fsp3) is 0.143. The third-order valence-corrected chi connectivity index (χ3v) is 3.82. The Kier molecular flexibility index (Phi) is 5.14. The predicted octanol–water partition coefficient (Wildman–Crippen LogP) is 3.58. The van der Waals surface area contributed by atoms with Gasteiger partial charge in [-0.1, -0.05) is 6.07 Å². The topological polar surface area (TPSA) is 54.0 Å². The van der Waals surface area contributed by atoms with E-state index in [4.69, 9.17) is 0 Å². The molecule has 1 heterocycles. The molecule has 0 fully saturated rings. The first-order chi connectivity index (χ1) is 9.60. The van der Waals surface area contributed by atoms with Crippen molar-refractivity contribution in [1.82, 2.24) is 10.3 Å². The number of aromatic nitrogens is 1. The number of carbonyl (C=O) groups excluding carboxylic acids is 1. The molecule has 104 valence electrons. The lowest BCUT2D eigenvalue weighted by Crippen LogP contribution is -2.17. The zero-order valence-corrected chi connectivity index (χ0v) is 14.0. The van der Waals surface area contributed by atoms with Crippen LogP contribution in [0.1, 0.15) is 16.1 Å². The lowest BCUT2D eigenvalue weighted by atomic mass is 10.2. The molecule has 2 N–H and O–H groups in total. The molecule has 1 aromatic heterocycles. The molecule has 1 amide bonds. The number of halogens is 2. The zero-order chi connectivity index (χ0) is 14.5. The van der Waals surface area contributed by atoms with Gasteiger partial charge in [-0.25, -0.2) is 0 Å². The molecule has 0 aliphatic heterocycles. The molecule has 4 nitrogen and oxygen atoms in total. The van der Waals surface area contributed by atoms with E-state index in [1.807, 2.05) is 24.3 Å². The van der Waals surface area contributed by atoms with Gasteiger partial charge in [0.05, 0.1) is 12.2 Å². The Hall–Kier alpha value is -1.40. The summed E-state index contributed by atoms with van der Waals surface area (Å²) in [4.78, 5) is 15.9. The Morgan fingerprint density at radius 3 is 2.80 bits per heavy atom. The van der Waals surface area contributed by atoms with E-state index in [0.717, 1.165) is 20.3 Å². The summed E-state index contributed by atoms with van der Waals surface area (Å²) in [6.45, 7) is 0.574. The van der Waals surface area contributed by atoms with Gasteiger partial charge in [-0.2, -0.15) is 0 Å². The molecule has 0 unspecified atom stereocenters. The number of pyridine rings is 1. The number of carbonyl (C=O) groups is 1. The fourth-order valence-corrected chi connectivity index (χ4v) is 2.80. The van der Waals surface area contributed by atoms with Crippen LogP contribution in [0.2, 0.25) is 0 Å². The lowest BCUT2D eigenvalue weighted by Gasteiger charge is -2.09. The van der Waals surface area contributed by atoms with Gasteiger partial charge in [0.1, 0.15) is 0 Å². The quantitative estimate of drug-likeness (QED) is 0.827. The van der Waals surface area contributed by atoms with Gasteiger partial charge in [0.25, 0.3) is 5.91 Å². The molecule has 0 atom stereocenters. The van der Waals surface area contributed by atoms with Crippen LogP contribution in [0.25, 0.3) is 0 Å². The van der Waals surface area contributed by atoms with Crippen LogP contribution in [0.15, 0.2) is 45.5 Å². The maximum Gasteiger partial charge on any atom is 0.251 e. The van der Waals surface area contributed by atoms with Crippen molar-refractivity contribution >= 4 is 43.5 Å². The minimum atomic E-state index is -0.100. The molecule has 0 bridgehead atoms. The van der Waals surface area contributed by atoms with Crippen LogP contribution in [0.5, 0.6) is 0 Å². The smallest absolute Gasteiger partial charge is 0.251 e. The highest BCUT2D eigenvalue weighted by Gasteiger charge is 2.05. The van der Waals surface area contributed by atoms with Crippen molar-refractivity contribution in [2.75, 3.05) is 12.4 Å². The average molecular weight is 399 g/mol. The number of hydrogen-bond donors (Lipinski definition) is 2. The van der Waals surface area contributed by atoms with E-state index in [-0.39, 0.29) is 5.91 Å². The van der Waals surface area contributed by atoms with E-state index in [1.165, 1.54) is 0 Å². The molecular formula is C14H13Br2N3O. The van der Waals surface area contributed by atoms with Gasteiger partial charge < -0.3 is 10.6 Å². The Morgan fingerprint density at radius 2 is 2.10 bits per heavy atom. The van der Waals surface area contributed by atoms with Gasteiger partial charge in [0.2, 0.25) is 0 Å². The van der Waals surface area contributed by atoms with Crippen molar-refractivity contribution in [3.05, 3.63) is 56.7 Å². The molecule has 0 saturated carbocycles. The molecule has 0 spiro atoms. The standard InChI is InChI=1S/C14H13Br2N3O/c1-17-14(20)9-3-2-4-11(5-9)18-8-13-12(16)6-10(15)7-19-13/h2-7,18H,8H2,1H3,(H,17,20). The molecule has 2 aromatic rings. The fourth-order valence-electron chi connectivity index (χ4n) is 1.67. The summed E-state index contributed by atoms with van der Waals surface area (Å²) in [6, 6.07) is 9.30. The third-order valence-electron chi connectivity index (χ3n) is 2.70. The second-order valence-electron chi connectivity index (χ2n) is 4.10. The van der Waals surface area contributed by atoms with Crippen LogP contribution in [-0.2, 0) is 6.54 Å². The van der Waals surface area contributed by atoms with Crippen molar-refractivity contribution in [3.63, 3.8) is 0 Å². The maximum absolute atomic E-state index is 11.6. The Morgan fingerprint density at radius 1 is 1.30 bits per heavy atom. The monoisotopic (exact) mass is 397 g/mol. The summed E-state index contributed by atoms with van der Waals surface area (Å²) in [5.74, 6) is -0.100. The van der Waals surface area contributed by atoms with Crippen LogP contribution in [0.3, 0.4) is 0 Å². The third kappa shape index (κ3) is 3.80. The summed E-state index contributed by atoms with van der Waals surface area (Å²) < 4.78 is 1.86. The summed E-state index contributed by atoms with van der Waals surface area (Å²) >= 11 is 6.84. The van der Waals surface area contributed by atoms with Crippen molar-refractivity contribution < 1.29 is 4.79 Å². The van der Waals surface area contributed by atoms with Crippen molar-refractivity contribution in [2.24, 2.45) is 0 Å². The first-order valence-corrected chi connectivity index (χ1v) is 7.54. The van der Waals surface area contributed by atoms with Crippen LogP contribution in [-0.4, -0.2) is 17.9 Å². The van der Waals surface area contributed by atoms with Crippen LogP contribution in [0, 0.1) is 0 Å². The number of nitrogens with zero attached hydrogens (tertiary/aromatic N) is 1. The van der Waals surface area contributed by atoms with Crippen LogP contribution in [0.4, 0.5) is 5.69 Å². The first kappa shape index (κ1) is 15.0. The summed E-state index contributed by atoms with van der Waals surface area (Å²) in [5, 5.41) is 5.86. The largest absolute Gasteiger partial charge is 0.379 e. The van der Waals surface area contributed by atoms with Gasteiger partial charge in [-0.15, -0.1) is 0 Å². The second-order valence-corrected chi connectivity index (χ2v) is 5.87. The van der Waals surface area contributed by atoms with E-state index in [1.54, 1.807) is 19.3 Å². The number of nitrogens with one attached hydrogen (secondary N) is 2. The number of rotatable bonds is 4. The predicted molar refractivity (Wildman–Crippen MR) is 86.8 cm³/mol. The number of amides is 1. The Labute approximate surface area is 134 Å². The van der Waals surface area contributed by atoms with Gasteiger partial charge >= 0.3 is 0 Å². The van der Waals surface area contributed by atoms with Gasteiger partial charge in [-0.05, 0) is 56.1 Å². The SMILES string of the molecule is CNC(=O)c1cccc(NCc2ncc(Br)cc2Br)c1. The zero-order valence-electron chi connectivity index (χ0n) is 10.8. The minimum absolute atomic E-state index is 0.100. The van der Waals surface area contributed by atoms with E-state index < -0.39 is 0 Å². The van der Waals surface area contributed by atoms with E-state index >= 15 is 0 Å². The second kappa shape index (κ2) is 6.85. The van der Waals surface area contributed by atoms with E-state index in [9.17, 15) is 4.79 Å². The molecule has 0 saturated heterocycles. The highest BCUT2D eigenvalue weighted by molar-refractivity contribution is 9.11. The molecule has 1 aromatic carbocycles. The van der Waals surface area contributed by atoms with Crippen LogP contribution < -0.4 is 10.6 Å². The number of anilines is 1. The summed E-state index contributed by atoms with van der Waals surface area (Å²) in [6.07, 6.45) is 1.75. The Bertz CT molecular complexity index is 632. The molecule has 0 aliphatic rings. The lowest BCUT2D eigenvalue weighted by molar-refractivity contribution is 0.0963. The van der Waals surface area contributed by atoms with Gasteiger partial charge in [-0.3, -0.25) is 9.78 Å². The highest BCUT2D eigenvalue weighted by Crippen LogP contribution is 2.20. The summed E-state index contributed by atoms with van der Waals surface area (Å²) in [5.41, 5.74) is 2.40. The summed E-state index contributed by atoms with van der Waals surface area (Å²) in [7, 11) is 1.62. The minimum Gasteiger partial charge on any atom is -0.379 e.